The minimum absolute atomic E-state index is 0.666. The first-order chi connectivity index (χ1) is 12.8. The molecule has 3 aromatic rings. The zero-order valence-electron chi connectivity index (χ0n) is 15.2. The monoisotopic (exact) mass is 347 g/mol. The van der Waals surface area contributed by atoms with Crippen molar-refractivity contribution in [1.29, 1.82) is 0 Å². The molecule has 0 saturated carbocycles. The lowest BCUT2D eigenvalue weighted by molar-refractivity contribution is 0.740. The molecular formula is C21H25N5. The molecule has 0 radical (unpaired) electrons. The van der Waals surface area contributed by atoms with Gasteiger partial charge < -0.3 is 10.6 Å². The predicted molar refractivity (Wildman–Crippen MR) is 107 cm³/mol. The Balaban J connectivity index is 1.77. The van der Waals surface area contributed by atoms with Crippen LogP contribution in [0, 0.1) is 0 Å². The molecule has 26 heavy (non-hydrogen) atoms. The van der Waals surface area contributed by atoms with Crippen molar-refractivity contribution in [3.63, 3.8) is 0 Å². The largest absolute Gasteiger partial charge is 0.366 e. The Bertz CT molecular complexity index is 790. The van der Waals surface area contributed by atoms with Gasteiger partial charge in [0.05, 0.1) is 5.69 Å². The van der Waals surface area contributed by atoms with E-state index in [4.69, 9.17) is 0 Å². The maximum Gasteiger partial charge on any atom is 0.225 e. The van der Waals surface area contributed by atoms with Crippen LogP contribution in [0.2, 0.25) is 0 Å². The molecule has 0 bridgehead atoms. The maximum atomic E-state index is 4.68. The Morgan fingerprint density at radius 3 is 2.46 bits per heavy atom. The van der Waals surface area contributed by atoms with Crippen LogP contribution in [0.15, 0.2) is 60.9 Å². The van der Waals surface area contributed by atoms with Gasteiger partial charge in [0, 0.05) is 37.1 Å². The number of benzene rings is 1. The van der Waals surface area contributed by atoms with E-state index in [9.17, 15) is 0 Å². The number of unbranched alkanes of at least 4 members (excludes halogenated alkanes) is 2. The van der Waals surface area contributed by atoms with Gasteiger partial charge in [-0.25, -0.2) is 4.98 Å². The van der Waals surface area contributed by atoms with E-state index in [1.807, 2.05) is 36.4 Å². The average molecular weight is 347 g/mol. The summed E-state index contributed by atoms with van der Waals surface area (Å²) >= 11 is 0. The summed E-state index contributed by atoms with van der Waals surface area (Å²) in [5.41, 5.74) is 3.16. The quantitative estimate of drug-likeness (QED) is 0.547. The van der Waals surface area contributed by atoms with Gasteiger partial charge in [-0.1, -0.05) is 50.1 Å². The van der Waals surface area contributed by atoms with Crippen molar-refractivity contribution < 1.29 is 0 Å². The molecule has 3 rings (SSSR count). The van der Waals surface area contributed by atoms with Crippen LogP contribution in [-0.2, 0) is 6.54 Å². The summed E-state index contributed by atoms with van der Waals surface area (Å²) in [5, 5.41) is 6.75. The van der Waals surface area contributed by atoms with E-state index in [2.05, 4.69) is 44.6 Å². The molecule has 134 valence electrons. The molecule has 0 saturated heterocycles. The minimum atomic E-state index is 0.666. The van der Waals surface area contributed by atoms with E-state index in [-0.39, 0.29) is 0 Å². The maximum absolute atomic E-state index is 4.68. The van der Waals surface area contributed by atoms with Crippen LogP contribution in [-0.4, -0.2) is 21.5 Å². The first-order valence-electron chi connectivity index (χ1n) is 9.16. The van der Waals surface area contributed by atoms with Crippen molar-refractivity contribution in [2.45, 2.75) is 32.7 Å². The van der Waals surface area contributed by atoms with Gasteiger partial charge in [0.2, 0.25) is 5.95 Å². The Morgan fingerprint density at radius 2 is 1.69 bits per heavy atom. The lowest BCUT2D eigenvalue weighted by Crippen LogP contribution is -2.09. The molecule has 0 aliphatic heterocycles. The van der Waals surface area contributed by atoms with Crippen molar-refractivity contribution in [3.8, 4) is 11.3 Å². The van der Waals surface area contributed by atoms with Gasteiger partial charge in [0.25, 0.3) is 0 Å². The summed E-state index contributed by atoms with van der Waals surface area (Å²) in [4.78, 5) is 13.4. The van der Waals surface area contributed by atoms with E-state index < -0.39 is 0 Å². The highest BCUT2D eigenvalue weighted by Crippen LogP contribution is 2.21. The second kappa shape index (κ2) is 9.51. The van der Waals surface area contributed by atoms with Crippen LogP contribution in [0.1, 0.15) is 31.7 Å². The molecular weight excluding hydrogens is 322 g/mol. The highest BCUT2D eigenvalue weighted by molar-refractivity contribution is 5.64. The molecule has 0 unspecified atom stereocenters. The Hall–Kier alpha value is -2.95. The molecule has 0 aliphatic rings. The third-order valence-electron chi connectivity index (χ3n) is 4.08. The number of nitrogens with zero attached hydrogens (tertiary/aromatic N) is 3. The normalized spacial score (nSPS) is 10.5. The Labute approximate surface area is 154 Å². The fourth-order valence-electron chi connectivity index (χ4n) is 2.64. The van der Waals surface area contributed by atoms with Gasteiger partial charge in [-0.05, 0) is 24.1 Å². The second-order valence-electron chi connectivity index (χ2n) is 6.17. The zero-order valence-corrected chi connectivity index (χ0v) is 15.2. The molecule has 5 heteroatoms. The molecule has 0 atom stereocenters. The highest BCUT2D eigenvalue weighted by Gasteiger charge is 2.07. The van der Waals surface area contributed by atoms with E-state index in [1.54, 1.807) is 12.4 Å². The van der Waals surface area contributed by atoms with E-state index >= 15 is 0 Å². The van der Waals surface area contributed by atoms with Gasteiger partial charge in [-0.3, -0.25) is 4.98 Å². The summed E-state index contributed by atoms with van der Waals surface area (Å²) < 4.78 is 0. The summed E-state index contributed by atoms with van der Waals surface area (Å²) in [6.45, 7) is 3.78. The number of rotatable bonds is 9. The summed E-state index contributed by atoms with van der Waals surface area (Å²) in [6.07, 6.45) is 7.12. The van der Waals surface area contributed by atoms with Crippen molar-refractivity contribution in [1.82, 2.24) is 15.0 Å². The van der Waals surface area contributed by atoms with Gasteiger partial charge >= 0.3 is 0 Å². The molecule has 0 spiro atoms. The summed E-state index contributed by atoms with van der Waals surface area (Å²) in [6, 6.07) is 16.2. The lowest BCUT2D eigenvalue weighted by atomic mass is 10.1. The standard InChI is InChI=1S/C21H25N5/c1-2-3-7-12-23-21-25-19(18-8-5-4-6-9-18)15-20(26-21)24-16-17-10-13-22-14-11-17/h4-6,8-11,13-15H,2-3,7,12,16H2,1H3,(H2,23,24,25,26). The van der Waals surface area contributed by atoms with Crippen LogP contribution < -0.4 is 10.6 Å². The third kappa shape index (κ3) is 5.28. The van der Waals surface area contributed by atoms with Crippen LogP contribution in [0.3, 0.4) is 0 Å². The molecule has 0 amide bonds. The fraction of sp³-hybridized carbons (Fsp3) is 0.286. The third-order valence-corrected chi connectivity index (χ3v) is 4.08. The van der Waals surface area contributed by atoms with Crippen molar-refractivity contribution in [2.75, 3.05) is 17.2 Å². The lowest BCUT2D eigenvalue weighted by Gasteiger charge is -2.11. The van der Waals surface area contributed by atoms with Crippen molar-refractivity contribution in [3.05, 3.63) is 66.5 Å². The Kier molecular flexibility index (Phi) is 6.53. The molecule has 2 aromatic heterocycles. The van der Waals surface area contributed by atoms with E-state index in [0.29, 0.717) is 12.5 Å². The topological polar surface area (TPSA) is 62.7 Å². The van der Waals surface area contributed by atoms with Crippen molar-refractivity contribution >= 4 is 11.8 Å². The van der Waals surface area contributed by atoms with Crippen LogP contribution in [0.5, 0.6) is 0 Å². The fourth-order valence-corrected chi connectivity index (χ4v) is 2.64. The molecule has 2 N–H and O–H groups in total. The Morgan fingerprint density at radius 1 is 0.885 bits per heavy atom. The number of pyridine rings is 1. The van der Waals surface area contributed by atoms with Crippen LogP contribution in [0.25, 0.3) is 11.3 Å². The van der Waals surface area contributed by atoms with Crippen molar-refractivity contribution in [2.24, 2.45) is 0 Å². The number of nitrogens with one attached hydrogen (secondary N) is 2. The van der Waals surface area contributed by atoms with Gasteiger partial charge in [0.15, 0.2) is 0 Å². The second-order valence-corrected chi connectivity index (χ2v) is 6.17. The average Bonchev–Trinajstić information content (AvgIpc) is 2.71. The molecule has 5 nitrogen and oxygen atoms in total. The number of hydrogen-bond donors (Lipinski definition) is 2. The van der Waals surface area contributed by atoms with Crippen LogP contribution in [0.4, 0.5) is 11.8 Å². The van der Waals surface area contributed by atoms with Crippen LogP contribution >= 0.6 is 0 Å². The molecule has 0 aliphatic carbocycles. The smallest absolute Gasteiger partial charge is 0.225 e. The minimum Gasteiger partial charge on any atom is -0.366 e. The van der Waals surface area contributed by atoms with Gasteiger partial charge in [0.1, 0.15) is 5.82 Å². The molecule has 0 fully saturated rings. The molecule has 2 heterocycles. The first-order valence-corrected chi connectivity index (χ1v) is 9.16. The SMILES string of the molecule is CCCCCNc1nc(NCc2ccncc2)cc(-c2ccccc2)n1. The number of anilines is 2. The van der Waals surface area contributed by atoms with E-state index in [0.717, 1.165) is 35.6 Å². The summed E-state index contributed by atoms with van der Waals surface area (Å²) in [7, 11) is 0. The van der Waals surface area contributed by atoms with E-state index in [1.165, 1.54) is 12.8 Å². The summed E-state index contributed by atoms with van der Waals surface area (Å²) in [5.74, 6) is 1.48. The first kappa shape index (κ1) is 17.9. The van der Waals surface area contributed by atoms with Gasteiger partial charge in [-0.2, -0.15) is 4.98 Å². The predicted octanol–water partition coefficient (Wildman–Crippen LogP) is 4.75. The number of hydrogen-bond acceptors (Lipinski definition) is 5. The number of aromatic nitrogens is 3. The highest BCUT2D eigenvalue weighted by atomic mass is 15.1. The molecule has 1 aromatic carbocycles. The van der Waals surface area contributed by atoms with Gasteiger partial charge in [-0.15, -0.1) is 0 Å². The zero-order chi connectivity index (χ0) is 18.0.